The monoisotopic (exact) mass is 214 g/mol. The van der Waals surface area contributed by atoms with E-state index in [2.05, 4.69) is 5.32 Å². The summed E-state index contributed by atoms with van der Waals surface area (Å²) in [5, 5.41) is 11.9. The number of carbonyl (C=O) groups is 1. The van der Waals surface area contributed by atoms with E-state index in [4.69, 9.17) is 10.8 Å². The molecule has 0 bridgehead atoms. The van der Waals surface area contributed by atoms with Crippen LogP contribution >= 0.6 is 0 Å². The molecule has 0 heterocycles. The lowest BCUT2D eigenvalue weighted by molar-refractivity contribution is -0.132. The maximum Gasteiger partial charge on any atom is 0.227 e. The molecule has 4 nitrogen and oxygen atoms in total. The van der Waals surface area contributed by atoms with E-state index in [0.717, 1.165) is 25.7 Å². The van der Waals surface area contributed by atoms with Crippen LogP contribution in [-0.2, 0) is 4.79 Å². The van der Waals surface area contributed by atoms with Gasteiger partial charge in [-0.05, 0) is 19.8 Å². The molecule has 0 radical (unpaired) electrons. The van der Waals surface area contributed by atoms with Crippen molar-refractivity contribution in [1.82, 2.24) is 5.32 Å². The first kappa shape index (κ1) is 12.5. The van der Waals surface area contributed by atoms with E-state index in [9.17, 15) is 4.79 Å². The van der Waals surface area contributed by atoms with Crippen LogP contribution in [0.15, 0.2) is 0 Å². The molecule has 0 saturated heterocycles. The van der Waals surface area contributed by atoms with E-state index in [1.807, 2.05) is 0 Å². The molecule has 4 N–H and O–H groups in total. The van der Waals surface area contributed by atoms with E-state index in [0.29, 0.717) is 13.1 Å². The molecule has 1 aliphatic carbocycles. The molecular formula is C11H22N2O2. The molecule has 1 aliphatic rings. The first-order valence-corrected chi connectivity index (χ1v) is 5.77. The summed E-state index contributed by atoms with van der Waals surface area (Å²) in [5.74, 6) is 0.0191. The van der Waals surface area contributed by atoms with Crippen molar-refractivity contribution in [2.45, 2.75) is 45.1 Å². The number of nitrogens with two attached hydrogens (primary N) is 1. The summed E-state index contributed by atoms with van der Waals surface area (Å²) in [5.41, 5.74) is 5.35. The summed E-state index contributed by atoms with van der Waals surface area (Å²) >= 11 is 0. The molecule has 1 unspecified atom stereocenters. The number of hydrogen-bond donors (Lipinski definition) is 3. The van der Waals surface area contributed by atoms with Crippen molar-refractivity contribution in [3.05, 3.63) is 0 Å². The lowest BCUT2D eigenvalue weighted by atomic mass is 9.73. The van der Waals surface area contributed by atoms with Gasteiger partial charge in [0.05, 0.1) is 11.5 Å². The normalized spacial score (nSPS) is 22.1. The Morgan fingerprint density at radius 2 is 2.07 bits per heavy atom. The van der Waals surface area contributed by atoms with Gasteiger partial charge in [-0.25, -0.2) is 0 Å². The highest BCUT2D eigenvalue weighted by Gasteiger charge is 2.37. The van der Waals surface area contributed by atoms with E-state index in [-0.39, 0.29) is 11.3 Å². The van der Waals surface area contributed by atoms with Crippen LogP contribution in [-0.4, -0.2) is 30.2 Å². The molecule has 0 aromatic carbocycles. The van der Waals surface area contributed by atoms with Crippen molar-refractivity contribution in [3.63, 3.8) is 0 Å². The zero-order valence-corrected chi connectivity index (χ0v) is 9.46. The van der Waals surface area contributed by atoms with Crippen molar-refractivity contribution in [2.75, 3.05) is 13.1 Å². The molecule has 88 valence electrons. The second-order valence-electron chi connectivity index (χ2n) is 4.60. The highest BCUT2D eigenvalue weighted by molar-refractivity contribution is 5.83. The van der Waals surface area contributed by atoms with E-state index >= 15 is 0 Å². The third-order valence-corrected chi connectivity index (χ3v) is 3.24. The number of amides is 1. The number of hydrogen-bond acceptors (Lipinski definition) is 3. The average molecular weight is 214 g/mol. The van der Waals surface area contributed by atoms with Crippen molar-refractivity contribution >= 4 is 5.91 Å². The van der Waals surface area contributed by atoms with Gasteiger partial charge in [-0.15, -0.1) is 0 Å². The molecular weight excluding hydrogens is 192 g/mol. The third kappa shape index (κ3) is 3.18. The summed E-state index contributed by atoms with van der Waals surface area (Å²) in [6.07, 6.45) is 4.64. The first-order chi connectivity index (χ1) is 7.10. The number of aliphatic hydroxyl groups is 1. The largest absolute Gasteiger partial charge is 0.392 e. The van der Waals surface area contributed by atoms with Crippen LogP contribution in [0.5, 0.6) is 0 Å². The average Bonchev–Trinajstić information content (AvgIpc) is 2.26. The molecule has 1 fully saturated rings. The Bertz CT molecular complexity index is 211. The summed E-state index contributed by atoms with van der Waals surface area (Å²) in [4.78, 5) is 12.0. The highest BCUT2D eigenvalue weighted by atomic mass is 16.3. The minimum Gasteiger partial charge on any atom is -0.392 e. The lowest BCUT2D eigenvalue weighted by Gasteiger charge is -2.34. The molecule has 1 amide bonds. The third-order valence-electron chi connectivity index (χ3n) is 3.24. The Hall–Kier alpha value is -0.610. The predicted molar refractivity (Wildman–Crippen MR) is 59.3 cm³/mol. The number of rotatable bonds is 4. The zero-order chi connectivity index (χ0) is 11.3. The Morgan fingerprint density at radius 1 is 1.47 bits per heavy atom. The molecule has 4 heteroatoms. The summed E-state index contributed by atoms with van der Waals surface area (Å²) < 4.78 is 0. The van der Waals surface area contributed by atoms with Gasteiger partial charge < -0.3 is 16.2 Å². The quantitative estimate of drug-likeness (QED) is 0.634. The van der Waals surface area contributed by atoms with Gasteiger partial charge in [0.25, 0.3) is 0 Å². The van der Waals surface area contributed by atoms with Gasteiger partial charge in [-0.2, -0.15) is 0 Å². The van der Waals surface area contributed by atoms with Crippen LogP contribution in [0.2, 0.25) is 0 Å². The van der Waals surface area contributed by atoms with Crippen LogP contribution in [0.25, 0.3) is 0 Å². The van der Waals surface area contributed by atoms with Gasteiger partial charge >= 0.3 is 0 Å². The van der Waals surface area contributed by atoms with Crippen molar-refractivity contribution < 1.29 is 9.90 Å². The smallest absolute Gasteiger partial charge is 0.227 e. The molecule has 0 aromatic heterocycles. The molecule has 15 heavy (non-hydrogen) atoms. The molecule has 0 aromatic rings. The van der Waals surface area contributed by atoms with Crippen molar-refractivity contribution in [2.24, 2.45) is 11.1 Å². The minimum atomic E-state index is -0.493. The minimum absolute atomic E-state index is 0.0191. The Balaban J connectivity index is 2.52. The molecule has 0 spiro atoms. The fraction of sp³-hybridized carbons (Fsp3) is 0.909. The highest BCUT2D eigenvalue weighted by Crippen LogP contribution is 2.35. The molecule has 1 atom stereocenters. The van der Waals surface area contributed by atoms with Crippen LogP contribution in [0, 0.1) is 5.41 Å². The van der Waals surface area contributed by atoms with Crippen LogP contribution in [0.4, 0.5) is 0 Å². The number of aliphatic hydroxyl groups excluding tert-OH is 1. The standard InChI is InChI=1S/C11H22N2O2/c1-9(14)7-13-10(15)11(8-12)5-3-2-4-6-11/h9,14H,2-8,12H2,1H3,(H,13,15). The van der Waals surface area contributed by atoms with Crippen molar-refractivity contribution in [1.29, 1.82) is 0 Å². The predicted octanol–water partition coefficient (Wildman–Crippen LogP) is 0.393. The Kier molecular flexibility index (Phi) is 4.54. The second kappa shape index (κ2) is 5.47. The van der Waals surface area contributed by atoms with Gasteiger partial charge in [0.2, 0.25) is 5.91 Å². The number of carbonyl (C=O) groups excluding carboxylic acids is 1. The van der Waals surface area contributed by atoms with Gasteiger partial charge in [0.15, 0.2) is 0 Å². The van der Waals surface area contributed by atoms with Crippen molar-refractivity contribution in [3.8, 4) is 0 Å². The lowest BCUT2D eigenvalue weighted by Crippen LogP contribution is -2.48. The number of nitrogens with one attached hydrogen (secondary N) is 1. The molecule has 1 rings (SSSR count). The SMILES string of the molecule is CC(O)CNC(=O)C1(CN)CCCCC1. The second-order valence-corrected chi connectivity index (χ2v) is 4.60. The first-order valence-electron chi connectivity index (χ1n) is 5.77. The zero-order valence-electron chi connectivity index (χ0n) is 9.46. The van der Waals surface area contributed by atoms with Crippen LogP contribution in [0.1, 0.15) is 39.0 Å². The fourth-order valence-corrected chi connectivity index (χ4v) is 2.18. The van der Waals surface area contributed by atoms with E-state index in [1.165, 1.54) is 6.42 Å². The molecule has 0 aliphatic heterocycles. The Morgan fingerprint density at radius 3 is 2.53 bits per heavy atom. The topological polar surface area (TPSA) is 75.3 Å². The van der Waals surface area contributed by atoms with Crippen LogP contribution in [0.3, 0.4) is 0 Å². The van der Waals surface area contributed by atoms with E-state index in [1.54, 1.807) is 6.92 Å². The summed E-state index contributed by atoms with van der Waals surface area (Å²) in [6, 6.07) is 0. The maximum absolute atomic E-state index is 12.0. The summed E-state index contributed by atoms with van der Waals surface area (Å²) in [7, 11) is 0. The van der Waals surface area contributed by atoms with Crippen LogP contribution < -0.4 is 11.1 Å². The molecule has 1 saturated carbocycles. The maximum atomic E-state index is 12.0. The summed E-state index contributed by atoms with van der Waals surface area (Å²) in [6.45, 7) is 2.40. The Labute approximate surface area is 91.2 Å². The van der Waals surface area contributed by atoms with Gasteiger partial charge in [-0.3, -0.25) is 4.79 Å². The fourth-order valence-electron chi connectivity index (χ4n) is 2.18. The van der Waals surface area contributed by atoms with Gasteiger partial charge in [0.1, 0.15) is 0 Å². The van der Waals surface area contributed by atoms with E-state index < -0.39 is 6.10 Å². The van der Waals surface area contributed by atoms with Gasteiger partial charge in [0, 0.05) is 13.1 Å². The van der Waals surface area contributed by atoms with Gasteiger partial charge in [-0.1, -0.05) is 19.3 Å².